The van der Waals surface area contributed by atoms with E-state index in [4.69, 9.17) is 4.74 Å². The Morgan fingerprint density at radius 2 is 1.75 bits per heavy atom. The molecule has 2 heteroatoms. The van der Waals surface area contributed by atoms with Crippen LogP contribution < -0.4 is 4.74 Å². The summed E-state index contributed by atoms with van der Waals surface area (Å²) in [4.78, 5) is 2.23. The topological polar surface area (TPSA) is 12.5 Å². The smallest absolute Gasteiger partial charge is 0.119 e. The molecule has 1 aliphatic carbocycles. The van der Waals surface area contributed by atoms with Crippen LogP contribution in [0.2, 0.25) is 0 Å². The van der Waals surface area contributed by atoms with Crippen molar-refractivity contribution in [2.24, 2.45) is 0 Å². The summed E-state index contributed by atoms with van der Waals surface area (Å²) in [7, 11) is 4.25. The van der Waals surface area contributed by atoms with E-state index >= 15 is 0 Å². The maximum Gasteiger partial charge on any atom is 0.119 e. The Labute approximate surface area is 145 Å². The Hall–Kier alpha value is -2.06. The number of aryl methyl sites for hydroxylation is 2. The summed E-state index contributed by atoms with van der Waals surface area (Å²) in [6.07, 6.45) is 5.62. The third kappa shape index (κ3) is 3.70. The number of ether oxygens (including phenoxy) is 1. The highest BCUT2D eigenvalue weighted by Gasteiger charge is 2.18. The normalized spacial score (nSPS) is 15.1. The first-order valence-electron chi connectivity index (χ1n) is 8.88. The molecule has 0 saturated carbocycles. The van der Waals surface area contributed by atoms with E-state index in [0.29, 0.717) is 6.61 Å². The number of hydrogen-bond donors (Lipinski definition) is 0. The fourth-order valence-electron chi connectivity index (χ4n) is 3.40. The average molecular weight is 321 g/mol. The predicted molar refractivity (Wildman–Crippen MR) is 102 cm³/mol. The van der Waals surface area contributed by atoms with Crippen LogP contribution in [0.4, 0.5) is 0 Å². The molecule has 0 aliphatic heterocycles. The first-order chi connectivity index (χ1) is 11.7. The van der Waals surface area contributed by atoms with E-state index in [1.54, 1.807) is 0 Å². The van der Waals surface area contributed by atoms with Gasteiger partial charge in [0.2, 0.25) is 0 Å². The zero-order valence-corrected chi connectivity index (χ0v) is 15.0. The van der Waals surface area contributed by atoms with Gasteiger partial charge in [-0.15, -0.1) is 0 Å². The minimum absolute atomic E-state index is 0.713. The van der Waals surface area contributed by atoms with E-state index in [-0.39, 0.29) is 0 Å². The van der Waals surface area contributed by atoms with Crippen molar-refractivity contribution in [1.82, 2.24) is 4.90 Å². The van der Waals surface area contributed by atoms with E-state index in [2.05, 4.69) is 67.5 Å². The van der Waals surface area contributed by atoms with Gasteiger partial charge in [0.05, 0.1) is 6.61 Å². The molecule has 2 aromatic rings. The molecule has 126 valence electrons. The molecule has 0 aromatic heterocycles. The molecule has 0 atom stereocenters. The SMILES string of the molecule is CCOc1ccc2c(c1)CCc1ccccc1C2=CCCN(C)C. The van der Waals surface area contributed by atoms with Crippen LogP contribution in [0.25, 0.3) is 5.57 Å². The van der Waals surface area contributed by atoms with Crippen molar-refractivity contribution >= 4 is 5.57 Å². The third-order valence-electron chi connectivity index (χ3n) is 4.57. The highest BCUT2D eigenvalue weighted by atomic mass is 16.5. The lowest BCUT2D eigenvalue weighted by Gasteiger charge is -2.14. The van der Waals surface area contributed by atoms with Gasteiger partial charge in [0.25, 0.3) is 0 Å². The van der Waals surface area contributed by atoms with Gasteiger partial charge in [-0.25, -0.2) is 0 Å². The molecule has 3 rings (SSSR count). The molecule has 0 heterocycles. The minimum Gasteiger partial charge on any atom is -0.494 e. The van der Waals surface area contributed by atoms with Crippen molar-refractivity contribution in [3.63, 3.8) is 0 Å². The molecule has 0 unspecified atom stereocenters. The zero-order chi connectivity index (χ0) is 16.9. The van der Waals surface area contributed by atoms with Crippen molar-refractivity contribution in [2.75, 3.05) is 27.2 Å². The van der Waals surface area contributed by atoms with Gasteiger partial charge in [-0.1, -0.05) is 36.4 Å². The molecule has 2 nitrogen and oxygen atoms in total. The molecule has 1 aliphatic rings. The second-order valence-electron chi connectivity index (χ2n) is 6.62. The Kier molecular flexibility index (Phi) is 5.37. The highest BCUT2D eigenvalue weighted by molar-refractivity contribution is 5.84. The van der Waals surface area contributed by atoms with Crippen LogP contribution in [-0.4, -0.2) is 32.1 Å². The Balaban J connectivity index is 2.04. The third-order valence-corrected chi connectivity index (χ3v) is 4.57. The van der Waals surface area contributed by atoms with Gasteiger partial charge in [0.15, 0.2) is 0 Å². The van der Waals surface area contributed by atoms with Crippen molar-refractivity contribution in [2.45, 2.75) is 26.2 Å². The van der Waals surface area contributed by atoms with E-state index in [0.717, 1.165) is 31.6 Å². The number of fused-ring (bicyclic) bond motifs is 2. The molecule has 0 spiro atoms. The second kappa shape index (κ2) is 7.67. The van der Waals surface area contributed by atoms with Crippen molar-refractivity contribution in [3.05, 3.63) is 70.8 Å². The molecule has 2 aromatic carbocycles. The summed E-state index contributed by atoms with van der Waals surface area (Å²) < 4.78 is 5.71. The van der Waals surface area contributed by atoms with Crippen LogP contribution in [0.1, 0.15) is 35.6 Å². The van der Waals surface area contributed by atoms with Crippen LogP contribution in [0.3, 0.4) is 0 Å². The van der Waals surface area contributed by atoms with Gasteiger partial charge in [0, 0.05) is 6.54 Å². The number of nitrogens with zero attached hydrogens (tertiary/aromatic N) is 1. The minimum atomic E-state index is 0.713. The Morgan fingerprint density at radius 1 is 1.00 bits per heavy atom. The lowest BCUT2D eigenvalue weighted by molar-refractivity contribution is 0.340. The number of rotatable bonds is 5. The summed E-state index contributed by atoms with van der Waals surface area (Å²) in [6, 6.07) is 15.4. The summed E-state index contributed by atoms with van der Waals surface area (Å²) >= 11 is 0. The molecular formula is C22H27NO. The number of benzene rings is 2. The molecule has 0 amide bonds. The largest absolute Gasteiger partial charge is 0.494 e. The van der Waals surface area contributed by atoms with Gasteiger partial charge in [0.1, 0.15) is 5.75 Å². The summed E-state index contributed by atoms with van der Waals surface area (Å²) in [5.41, 5.74) is 6.97. The summed E-state index contributed by atoms with van der Waals surface area (Å²) in [5.74, 6) is 0.981. The van der Waals surface area contributed by atoms with Crippen LogP contribution in [-0.2, 0) is 12.8 Å². The van der Waals surface area contributed by atoms with Crippen molar-refractivity contribution in [1.29, 1.82) is 0 Å². The lowest BCUT2D eigenvalue weighted by Crippen LogP contribution is -2.12. The number of hydrogen-bond acceptors (Lipinski definition) is 2. The molecule has 0 bridgehead atoms. The fourth-order valence-corrected chi connectivity index (χ4v) is 3.40. The van der Waals surface area contributed by atoms with Gasteiger partial charge < -0.3 is 9.64 Å². The first kappa shape index (κ1) is 16.8. The van der Waals surface area contributed by atoms with Crippen LogP contribution in [0.15, 0.2) is 48.5 Å². The van der Waals surface area contributed by atoms with Gasteiger partial charge in [-0.05, 0) is 80.2 Å². The molecular weight excluding hydrogens is 294 g/mol. The Morgan fingerprint density at radius 3 is 2.54 bits per heavy atom. The van der Waals surface area contributed by atoms with E-state index < -0.39 is 0 Å². The highest BCUT2D eigenvalue weighted by Crippen LogP contribution is 2.35. The molecule has 0 N–H and O–H groups in total. The quantitative estimate of drug-likeness (QED) is 0.800. The van der Waals surface area contributed by atoms with Crippen molar-refractivity contribution in [3.8, 4) is 5.75 Å². The summed E-state index contributed by atoms with van der Waals surface area (Å²) in [6.45, 7) is 3.82. The van der Waals surface area contributed by atoms with Gasteiger partial charge in [-0.3, -0.25) is 0 Å². The van der Waals surface area contributed by atoms with E-state index in [1.165, 1.54) is 27.8 Å². The molecule has 0 radical (unpaired) electrons. The molecule has 0 saturated heterocycles. The van der Waals surface area contributed by atoms with Gasteiger partial charge >= 0.3 is 0 Å². The van der Waals surface area contributed by atoms with Gasteiger partial charge in [-0.2, -0.15) is 0 Å². The second-order valence-corrected chi connectivity index (χ2v) is 6.62. The standard InChI is InChI=1S/C22H27NO/c1-4-24-19-13-14-21-18(16-19)12-11-17-8-5-6-9-20(17)22(21)10-7-15-23(2)3/h5-6,8-10,13-14,16H,4,7,11-12,15H2,1-3H3. The van der Waals surface area contributed by atoms with Crippen LogP contribution >= 0.6 is 0 Å². The molecule has 24 heavy (non-hydrogen) atoms. The Bertz CT molecular complexity index is 730. The maximum atomic E-state index is 5.71. The lowest BCUT2D eigenvalue weighted by atomic mass is 9.93. The maximum absolute atomic E-state index is 5.71. The first-order valence-corrected chi connectivity index (χ1v) is 8.88. The van der Waals surface area contributed by atoms with E-state index in [9.17, 15) is 0 Å². The fraction of sp³-hybridized carbons (Fsp3) is 0.364. The summed E-state index contributed by atoms with van der Waals surface area (Å²) in [5, 5.41) is 0. The zero-order valence-electron chi connectivity index (χ0n) is 15.0. The average Bonchev–Trinajstić information content (AvgIpc) is 2.72. The predicted octanol–water partition coefficient (Wildman–Crippen LogP) is 4.57. The monoisotopic (exact) mass is 321 g/mol. The van der Waals surface area contributed by atoms with Crippen LogP contribution in [0.5, 0.6) is 5.75 Å². The van der Waals surface area contributed by atoms with E-state index in [1.807, 2.05) is 6.92 Å². The van der Waals surface area contributed by atoms with Crippen LogP contribution in [0, 0.1) is 0 Å². The molecule has 0 fully saturated rings. The van der Waals surface area contributed by atoms with Crippen molar-refractivity contribution < 1.29 is 4.74 Å².